The van der Waals surface area contributed by atoms with E-state index in [0.29, 0.717) is 22.2 Å². The Balaban J connectivity index is 1.45. The van der Waals surface area contributed by atoms with Crippen molar-refractivity contribution in [2.75, 3.05) is 12.5 Å². The summed E-state index contributed by atoms with van der Waals surface area (Å²) in [6.45, 7) is 3.91. The SMILES string of the molecule is COc1cc(C=NNc2nc(-c3ccccc3)c(C)s2)ccc1OC(=O)c1ccccc1C. The molecule has 0 bridgehead atoms. The first kappa shape index (κ1) is 22.2. The largest absolute Gasteiger partial charge is 0.493 e. The number of thiazole rings is 1. The van der Waals surface area contributed by atoms with Gasteiger partial charge in [-0.2, -0.15) is 5.10 Å². The summed E-state index contributed by atoms with van der Waals surface area (Å²) < 4.78 is 11.0. The highest BCUT2D eigenvalue weighted by Crippen LogP contribution is 2.31. The van der Waals surface area contributed by atoms with Crippen LogP contribution >= 0.6 is 11.3 Å². The van der Waals surface area contributed by atoms with Crippen molar-refractivity contribution < 1.29 is 14.3 Å². The second-order valence-electron chi connectivity index (χ2n) is 7.27. The summed E-state index contributed by atoms with van der Waals surface area (Å²) in [4.78, 5) is 18.3. The van der Waals surface area contributed by atoms with Crippen LogP contribution in [0.1, 0.15) is 26.4 Å². The molecule has 6 nitrogen and oxygen atoms in total. The van der Waals surface area contributed by atoms with Crippen LogP contribution in [0.15, 0.2) is 77.9 Å². The molecule has 4 rings (SSSR count). The lowest BCUT2D eigenvalue weighted by molar-refractivity contribution is 0.0729. The van der Waals surface area contributed by atoms with Crippen LogP contribution in [0.2, 0.25) is 0 Å². The van der Waals surface area contributed by atoms with Crippen LogP contribution in [0.5, 0.6) is 11.5 Å². The first-order valence-corrected chi connectivity index (χ1v) is 11.1. The molecular formula is C26H23N3O3S. The standard InChI is InChI=1S/C26H23N3O3S/c1-17-9-7-8-12-21(17)25(30)32-22-14-13-19(15-23(22)31-3)16-27-29-26-28-24(18(2)33-26)20-10-5-4-6-11-20/h4-16H,1-3H3,(H,28,29). The third kappa shape index (κ3) is 5.27. The maximum atomic E-state index is 12.5. The molecule has 1 N–H and O–H groups in total. The molecule has 0 atom stereocenters. The number of hydrazone groups is 1. The van der Waals surface area contributed by atoms with Crippen LogP contribution in [0.4, 0.5) is 5.13 Å². The quantitative estimate of drug-likeness (QED) is 0.157. The summed E-state index contributed by atoms with van der Waals surface area (Å²) in [6, 6.07) is 22.6. The number of carbonyl (C=O) groups excluding carboxylic acids is 1. The molecule has 0 spiro atoms. The van der Waals surface area contributed by atoms with Gasteiger partial charge in [0, 0.05) is 10.4 Å². The Bertz CT molecular complexity index is 1300. The summed E-state index contributed by atoms with van der Waals surface area (Å²) in [5.41, 5.74) is 7.16. The Morgan fingerprint density at radius 2 is 1.76 bits per heavy atom. The summed E-state index contributed by atoms with van der Waals surface area (Å²) in [6.07, 6.45) is 1.66. The van der Waals surface area contributed by atoms with Crippen LogP contribution in [0.25, 0.3) is 11.3 Å². The van der Waals surface area contributed by atoms with Gasteiger partial charge in [-0.3, -0.25) is 5.43 Å². The molecule has 0 fully saturated rings. The zero-order valence-corrected chi connectivity index (χ0v) is 19.3. The Morgan fingerprint density at radius 3 is 2.52 bits per heavy atom. The lowest BCUT2D eigenvalue weighted by Gasteiger charge is -2.11. The fraction of sp³-hybridized carbons (Fsp3) is 0.115. The monoisotopic (exact) mass is 457 g/mol. The first-order chi connectivity index (χ1) is 16.0. The number of aromatic nitrogens is 1. The number of carbonyl (C=O) groups is 1. The molecule has 0 aliphatic rings. The second kappa shape index (κ2) is 10.1. The van der Waals surface area contributed by atoms with E-state index in [4.69, 9.17) is 9.47 Å². The van der Waals surface area contributed by atoms with E-state index in [2.05, 4.69) is 15.5 Å². The van der Waals surface area contributed by atoms with Gasteiger partial charge in [0.15, 0.2) is 11.5 Å². The molecular weight excluding hydrogens is 434 g/mol. The van der Waals surface area contributed by atoms with Crippen molar-refractivity contribution in [2.24, 2.45) is 5.10 Å². The van der Waals surface area contributed by atoms with Gasteiger partial charge in [0.05, 0.1) is 24.6 Å². The minimum atomic E-state index is -0.428. The number of nitrogens with zero attached hydrogens (tertiary/aromatic N) is 2. The Morgan fingerprint density at radius 1 is 1.00 bits per heavy atom. The van der Waals surface area contributed by atoms with Crippen molar-refractivity contribution in [3.8, 4) is 22.8 Å². The van der Waals surface area contributed by atoms with Gasteiger partial charge >= 0.3 is 5.97 Å². The number of rotatable bonds is 7. The molecule has 7 heteroatoms. The van der Waals surface area contributed by atoms with E-state index in [9.17, 15) is 4.79 Å². The van der Waals surface area contributed by atoms with Crippen molar-refractivity contribution in [2.45, 2.75) is 13.8 Å². The Labute approximate surface area is 196 Å². The number of esters is 1. The maximum Gasteiger partial charge on any atom is 0.343 e. The molecule has 1 aromatic heterocycles. The van der Waals surface area contributed by atoms with Gasteiger partial charge < -0.3 is 9.47 Å². The summed E-state index contributed by atoms with van der Waals surface area (Å²) >= 11 is 1.54. The lowest BCUT2D eigenvalue weighted by atomic mass is 10.1. The summed E-state index contributed by atoms with van der Waals surface area (Å²) in [7, 11) is 1.53. The molecule has 0 unspecified atom stereocenters. The van der Waals surface area contributed by atoms with Gasteiger partial charge in [0.1, 0.15) is 0 Å². The van der Waals surface area contributed by atoms with E-state index < -0.39 is 5.97 Å². The molecule has 0 amide bonds. The van der Waals surface area contributed by atoms with Crippen LogP contribution < -0.4 is 14.9 Å². The first-order valence-electron chi connectivity index (χ1n) is 10.3. The number of ether oxygens (including phenoxy) is 2. The molecule has 166 valence electrons. The van der Waals surface area contributed by atoms with Crippen molar-refractivity contribution in [1.82, 2.24) is 4.98 Å². The summed E-state index contributed by atoms with van der Waals surface area (Å²) in [5.74, 6) is 0.360. The van der Waals surface area contributed by atoms with Crippen molar-refractivity contribution in [3.05, 3.63) is 94.4 Å². The average molecular weight is 458 g/mol. The van der Waals surface area contributed by atoms with Gasteiger partial charge in [-0.05, 0) is 49.2 Å². The van der Waals surface area contributed by atoms with Gasteiger partial charge in [0.2, 0.25) is 5.13 Å². The molecule has 4 aromatic rings. The van der Waals surface area contributed by atoms with Gasteiger partial charge in [-0.1, -0.05) is 48.5 Å². The van der Waals surface area contributed by atoms with Crippen molar-refractivity contribution >= 4 is 28.7 Å². The lowest BCUT2D eigenvalue weighted by Crippen LogP contribution is -2.10. The molecule has 0 radical (unpaired) electrons. The van der Waals surface area contributed by atoms with Crippen LogP contribution in [0, 0.1) is 13.8 Å². The molecule has 1 heterocycles. The van der Waals surface area contributed by atoms with Gasteiger partial charge in [-0.15, -0.1) is 11.3 Å². The number of hydrogen-bond donors (Lipinski definition) is 1. The number of aryl methyl sites for hydroxylation is 2. The number of nitrogens with one attached hydrogen (secondary N) is 1. The van der Waals surface area contributed by atoms with E-state index in [1.807, 2.05) is 56.3 Å². The van der Waals surface area contributed by atoms with E-state index in [1.165, 1.54) is 7.11 Å². The Kier molecular flexibility index (Phi) is 6.80. The topological polar surface area (TPSA) is 72.8 Å². The minimum absolute atomic E-state index is 0.346. The number of methoxy groups -OCH3 is 1. The Hall–Kier alpha value is -3.97. The third-order valence-electron chi connectivity index (χ3n) is 4.97. The maximum absolute atomic E-state index is 12.5. The zero-order valence-electron chi connectivity index (χ0n) is 18.5. The summed E-state index contributed by atoms with van der Waals surface area (Å²) in [5, 5.41) is 5.00. The number of hydrogen-bond acceptors (Lipinski definition) is 7. The van der Waals surface area contributed by atoms with Gasteiger partial charge in [-0.25, -0.2) is 9.78 Å². The third-order valence-corrected chi connectivity index (χ3v) is 5.85. The predicted octanol–water partition coefficient (Wildman–Crippen LogP) is 6.10. The van der Waals surface area contributed by atoms with Crippen LogP contribution in [0.3, 0.4) is 0 Å². The molecule has 0 saturated heterocycles. The highest BCUT2D eigenvalue weighted by molar-refractivity contribution is 7.15. The fourth-order valence-electron chi connectivity index (χ4n) is 3.28. The zero-order chi connectivity index (χ0) is 23.2. The molecule has 0 aliphatic heterocycles. The van der Waals surface area contributed by atoms with E-state index in [-0.39, 0.29) is 0 Å². The molecule has 0 aliphatic carbocycles. The highest BCUT2D eigenvalue weighted by atomic mass is 32.1. The van der Waals surface area contributed by atoms with E-state index in [1.54, 1.807) is 47.9 Å². The molecule has 33 heavy (non-hydrogen) atoms. The molecule has 0 saturated carbocycles. The second-order valence-corrected chi connectivity index (χ2v) is 8.48. The minimum Gasteiger partial charge on any atom is -0.493 e. The highest BCUT2D eigenvalue weighted by Gasteiger charge is 2.14. The molecule has 3 aromatic carbocycles. The van der Waals surface area contributed by atoms with E-state index >= 15 is 0 Å². The van der Waals surface area contributed by atoms with Crippen LogP contribution in [-0.2, 0) is 0 Å². The normalized spacial score (nSPS) is 10.9. The smallest absolute Gasteiger partial charge is 0.343 e. The van der Waals surface area contributed by atoms with E-state index in [0.717, 1.165) is 27.3 Å². The fourth-order valence-corrected chi connectivity index (χ4v) is 4.06. The number of anilines is 1. The predicted molar refractivity (Wildman–Crippen MR) is 133 cm³/mol. The number of benzene rings is 3. The van der Waals surface area contributed by atoms with Crippen molar-refractivity contribution in [1.29, 1.82) is 0 Å². The van der Waals surface area contributed by atoms with Crippen molar-refractivity contribution in [3.63, 3.8) is 0 Å². The average Bonchev–Trinajstić information content (AvgIpc) is 3.21. The van der Waals surface area contributed by atoms with Gasteiger partial charge in [0.25, 0.3) is 0 Å². The van der Waals surface area contributed by atoms with Crippen LogP contribution in [-0.4, -0.2) is 24.3 Å².